The molecule has 0 aliphatic carbocycles. The molecular formula is C18H29N5O2. The number of nitrogens with zero attached hydrogens (tertiary/aromatic N) is 4. The third-order valence-corrected chi connectivity index (χ3v) is 5.30. The van der Waals surface area contributed by atoms with E-state index in [1.807, 2.05) is 4.90 Å². The number of nitrogens with one attached hydrogen (secondary N) is 1. The zero-order valence-electron chi connectivity index (χ0n) is 15.3. The van der Waals surface area contributed by atoms with E-state index in [9.17, 15) is 9.59 Å². The lowest BCUT2D eigenvalue weighted by Gasteiger charge is -2.35. The topological polar surface area (TPSA) is 70.5 Å². The van der Waals surface area contributed by atoms with Crippen LogP contribution in [-0.2, 0) is 11.8 Å². The molecule has 0 spiro atoms. The van der Waals surface area contributed by atoms with E-state index in [0.717, 1.165) is 57.8 Å². The molecule has 3 heterocycles. The quantitative estimate of drug-likeness (QED) is 0.877. The number of aryl methyl sites for hydroxylation is 1. The van der Waals surface area contributed by atoms with Gasteiger partial charge in [-0.2, -0.15) is 5.10 Å². The molecule has 7 heteroatoms. The molecule has 0 bridgehead atoms. The van der Waals surface area contributed by atoms with E-state index < -0.39 is 0 Å². The Bertz CT molecular complexity index is 606. The molecule has 1 aromatic heterocycles. The normalized spacial score (nSPS) is 22.8. The summed E-state index contributed by atoms with van der Waals surface area (Å²) in [5, 5.41) is 7.12. The fourth-order valence-electron chi connectivity index (χ4n) is 3.67. The van der Waals surface area contributed by atoms with Gasteiger partial charge in [-0.3, -0.25) is 19.2 Å². The number of carbonyl (C=O) groups is 2. The predicted molar refractivity (Wildman–Crippen MR) is 95.1 cm³/mol. The zero-order valence-corrected chi connectivity index (χ0v) is 15.3. The molecule has 1 N–H and O–H groups in total. The monoisotopic (exact) mass is 347 g/mol. The molecule has 2 amide bonds. The largest absolute Gasteiger partial charge is 0.348 e. The molecule has 3 rings (SSSR count). The fourth-order valence-corrected chi connectivity index (χ4v) is 3.67. The molecule has 2 fully saturated rings. The number of rotatable bonds is 4. The molecule has 2 aliphatic rings. The van der Waals surface area contributed by atoms with Crippen LogP contribution in [-0.4, -0.2) is 70.2 Å². The van der Waals surface area contributed by atoms with Gasteiger partial charge in [0.2, 0.25) is 5.91 Å². The summed E-state index contributed by atoms with van der Waals surface area (Å²) in [5.74, 6) is 0.869. The van der Waals surface area contributed by atoms with E-state index >= 15 is 0 Å². The van der Waals surface area contributed by atoms with Gasteiger partial charge in [-0.25, -0.2) is 0 Å². The van der Waals surface area contributed by atoms with Crippen molar-refractivity contribution in [1.82, 2.24) is 24.9 Å². The second-order valence-electron chi connectivity index (χ2n) is 7.51. The summed E-state index contributed by atoms with van der Waals surface area (Å²) in [6, 6.07) is 0.0932. The van der Waals surface area contributed by atoms with Gasteiger partial charge in [-0.15, -0.1) is 0 Å². The standard InChI is InChI=1S/C18H29N5O2/c1-14-5-8-23(9-6-14)17(24)13-22-7-3-4-16(12-22)20-18(25)15-10-19-21(2)11-15/h10-11,14,16H,3-9,12-13H2,1-2H3,(H,20,25). The van der Waals surface area contributed by atoms with Crippen LogP contribution in [0.25, 0.3) is 0 Å². The molecule has 2 saturated heterocycles. The molecule has 138 valence electrons. The van der Waals surface area contributed by atoms with Gasteiger partial charge in [-0.05, 0) is 38.1 Å². The average molecular weight is 347 g/mol. The van der Waals surface area contributed by atoms with Gasteiger partial charge in [-0.1, -0.05) is 6.92 Å². The summed E-state index contributed by atoms with van der Waals surface area (Å²) in [7, 11) is 1.80. The Labute approximate surface area is 149 Å². The first-order valence-electron chi connectivity index (χ1n) is 9.31. The highest BCUT2D eigenvalue weighted by Gasteiger charge is 2.26. The molecule has 1 unspecified atom stereocenters. The van der Waals surface area contributed by atoms with Crippen LogP contribution in [0.15, 0.2) is 12.4 Å². The minimum Gasteiger partial charge on any atom is -0.348 e. The SMILES string of the molecule is CC1CCN(C(=O)CN2CCCC(NC(=O)c3cnn(C)c3)C2)CC1. The number of piperidine rings is 2. The summed E-state index contributed by atoms with van der Waals surface area (Å²) in [6.07, 6.45) is 7.47. The van der Waals surface area contributed by atoms with Gasteiger partial charge < -0.3 is 10.2 Å². The lowest BCUT2D eigenvalue weighted by Crippen LogP contribution is -2.51. The second-order valence-corrected chi connectivity index (χ2v) is 7.51. The summed E-state index contributed by atoms with van der Waals surface area (Å²) < 4.78 is 1.63. The maximum atomic E-state index is 12.5. The van der Waals surface area contributed by atoms with Crippen LogP contribution in [0, 0.1) is 5.92 Å². The lowest BCUT2D eigenvalue weighted by atomic mass is 9.99. The van der Waals surface area contributed by atoms with Crippen LogP contribution in [0.2, 0.25) is 0 Å². The van der Waals surface area contributed by atoms with Crippen molar-refractivity contribution in [1.29, 1.82) is 0 Å². The van der Waals surface area contributed by atoms with Crippen LogP contribution in [0.5, 0.6) is 0 Å². The van der Waals surface area contributed by atoms with E-state index in [2.05, 4.69) is 22.2 Å². The molecular weight excluding hydrogens is 318 g/mol. The lowest BCUT2D eigenvalue weighted by molar-refractivity contribution is -0.134. The number of hydrogen-bond donors (Lipinski definition) is 1. The van der Waals surface area contributed by atoms with Crippen molar-refractivity contribution in [2.24, 2.45) is 13.0 Å². The van der Waals surface area contributed by atoms with Crippen LogP contribution in [0.3, 0.4) is 0 Å². The van der Waals surface area contributed by atoms with Crippen LogP contribution in [0.4, 0.5) is 0 Å². The first-order chi connectivity index (χ1) is 12.0. The number of hydrogen-bond acceptors (Lipinski definition) is 4. The van der Waals surface area contributed by atoms with Crippen LogP contribution in [0.1, 0.15) is 43.0 Å². The highest BCUT2D eigenvalue weighted by atomic mass is 16.2. The van der Waals surface area contributed by atoms with E-state index in [1.165, 1.54) is 0 Å². The summed E-state index contributed by atoms with van der Waals surface area (Å²) in [6.45, 7) is 6.15. The highest BCUT2D eigenvalue weighted by Crippen LogP contribution is 2.17. The van der Waals surface area contributed by atoms with E-state index in [0.29, 0.717) is 12.1 Å². The van der Waals surface area contributed by atoms with Crippen molar-refractivity contribution in [2.45, 2.75) is 38.6 Å². The van der Waals surface area contributed by atoms with Crippen molar-refractivity contribution < 1.29 is 9.59 Å². The van der Waals surface area contributed by atoms with Crippen molar-refractivity contribution in [3.63, 3.8) is 0 Å². The molecule has 1 aromatic rings. The molecule has 2 aliphatic heterocycles. The molecule has 25 heavy (non-hydrogen) atoms. The van der Waals surface area contributed by atoms with Crippen molar-refractivity contribution in [2.75, 3.05) is 32.7 Å². The van der Waals surface area contributed by atoms with Crippen LogP contribution < -0.4 is 5.32 Å². The van der Waals surface area contributed by atoms with Crippen LogP contribution >= 0.6 is 0 Å². The number of aromatic nitrogens is 2. The molecule has 0 saturated carbocycles. The second kappa shape index (κ2) is 7.99. The van der Waals surface area contributed by atoms with Crippen molar-refractivity contribution in [3.8, 4) is 0 Å². The molecule has 0 aromatic carbocycles. The first-order valence-corrected chi connectivity index (χ1v) is 9.31. The Morgan fingerprint density at radius 3 is 2.68 bits per heavy atom. The third-order valence-electron chi connectivity index (χ3n) is 5.30. The van der Waals surface area contributed by atoms with E-state index in [1.54, 1.807) is 24.1 Å². The summed E-state index contributed by atoms with van der Waals surface area (Å²) in [5.41, 5.74) is 0.582. The molecule has 7 nitrogen and oxygen atoms in total. The van der Waals surface area contributed by atoms with Gasteiger partial charge in [0, 0.05) is 38.9 Å². The smallest absolute Gasteiger partial charge is 0.254 e. The highest BCUT2D eigenvalue weighted by molar-refractivity contribution is 5.93. The average Bonchev–Trinajstić information content (AvgIpc) is 3.02. The first kappa shape index (κ1) is 17.9. The Hall–Kier alpha value is -1.89. The third kappa shape index (κ3) is 4.81. The maximum absolute atomic E-state index is 12.5. The molecule has 0 radical (unpaired) electrons. The van der Waals surface area contributed by atoms with E-state index in [4.69, 9.17) is 0 Å². The molecule has 1 atom stereocenters. The van der Waals surface area contributed by atoms with Crippen molar-refractivity contribution >= 4 is 11.8 Å². The Morgan fingerprint density at radius 2 is 2.00 bits per heavy atom. The zero-order chi connectivity index (χ0) is 17.8. The summed E-state index contributed by atoms with van der Waals surface area (Å²) >= 11 is 0. The van der Waals surface area contributed by atoms with Gasteiger partial charge in [0.25, 0.3) is 5.91 Å². The minimum atomic E-state index is -0.0868. The fraction of sp³-hybridized carbons (Fsp3) is 0.722. The predicted octanol–water partition coefficient (Wildman–Crippen LogP) is 0.873. The van der Waals surface area contributed by atoms with Gasteiger partial charge >= 0.3 is 0 Å². The summed E-state index contributed by atoms with van der Waals surface area (Å²) in [4.78, 5) is 29.0. The van der Waals surface area contributed by atoms with Gasteiger partial charge in [0.1, 0.15) is 0 Å². The van der Waals surface area contributed by atoms with Crippen molar-refractivity contribution in [3.05, 3.63) is 18.0 Å². The Balaban J connectivity index is 1.47. The number of carbonyl (C=O) groups excluding carboxylic acids is 2. The van der Waals surface area contributed by atoms with Gasteiger partial charge in [0.15, 0.2) is 0 Å². The minimum absolute atomic E-state index is 0.0868. The van der Waals surface area contributed by atoms with E-state index in [-0.39, 0.29) is 17.9 Å². The number of likely N-dealkylation sites (tertiary alicyclic amines) is 2. The Morgan fingerprint density at radius 1 is 1.24 bits per heavy atom. The Kier molecular flexibility index (Phi) is 5.73. The van der Waals surface area contributed by atoms with Gasteiger partial charge in [0.05, 0.1) is 18.3 Å². The number of amides is 2. The maximum Gasteiger partial charge on any atom is 0.254 e.